The summed E-state index contributed by atoms with van der Waals surface area (Å²) in [7, 11) is 0. The van der Waals surface area contributed by atoms with Crippen LogP contribution in [-0.2, 0) is 16.0 Å². The standard InChI is InChI=1S/C31H34N2O5/c1-19-11-26(30-20(2)24(31(36)38-27(30)12-19)14-21-7-4-3-5-8-21)37-18-29(35)32-15-22-13-23(17-32)25-9-6-10-28(34)33(25)16-22/h3-5,7-8,11-12,22-23,25H,6,9-10,13-18H2,1-2H3/t22-,23+,25-/m1/s1. The van der Waals surface area contributed by atoms with Gasteiger partial charge in [0.2, 0.25) is 5.91 Å². The fourth-order valence-electron chi connectivity index (χ4n) is 6.80. The number of fused-ring (bicyclic) bond motifs is 5. The van der Waals surface area contributed by atoms with Crippen molar-refractivity contribution in [3.8, 4) is 5.75 Å². The van der Waals surface area contributed by atoms with E-state index in [2.05, 4.69) is 4.90 Å². The van der Waals surface area contributed by atoms with Crippen LogP contribution in [0, 0.1) is 25.7 Å². The maximum absolute atomic E-state index is 13.3. The molecule has 3 aliphatic rings. The Balaban J connectivity index is 1.22. The highest BCUT2D eigenvalue weighted by molar-refractivity contribution is 5.89. The highest BCUT2D eigenvalue weighted by Crippen LogP contribution is 2.38. The first-order valence-corrected chi connectivity index (χ1v) is 13.7. The smallest absolute Gasteiger partial charge is 0.340 e. The topological polar surface area (TPSA) is 80.1 Å². The number of benzene rings is 2. The van der Waals surface area contributed by atoms with Gasteiger partial charge in [-0.3, -0.25) is 9.59 Å². The number of amides is 2. The van der Waals surface area contributed by atoms with Crippen LogP contribution in [0.25, 0.3) is 11.0 Å². The molecule has 1 aromatic heterocycles. The summed E-state index contributed by atoms with van der Waals surface area (Å²) in [4.78, 5) is 42.7. The number of rotatable bonds is 5. The van der Waals surface area contributed by atoms with Crippen LogP contribution in [0.3, 0.4) is 0 Å². The first-order valence-electron chi connectivity index (χ1n) is 13.7. The minimum absolute atomic E-state index is 0.0375. The molecule has 2 bridgehead atoms. The Morgan fingerprint density at radius 1 is 1.08 bits per heavy atom. The Kier molecular flexibility index (Phi) is 6.46. The van der Waals surface area contributed by atoms with E-state index in [1.165, 1.54) is 0 Å². The number of likely N-dealkylation sites (tertiary alicyclic amines) is 1. The molecule has 7 nitrogen and oxygen atoms in total. The van der Waals surface area contributed by atoms with E-state index < -0.39 is 0 Å². The minimum Gasteiger partial charge on any atom is -0.483 e. The summed E-state index contributed by atoms with van der Waals surface area (Å²) in [5, 5.41) is 0.737. The van der Waals surface area contributed by atoms with Gasteiger partial charge in [0.15, 0.2) is 6.61 Å². The average molecular weight is 515 g/mol. The van der Waals surface area contributed by atoms with E-state index in [0.717, 1.165) is 47.9 Å². The van der Waals surface area contributed by atoms with Gasteiger partial charge >= 0.3 is 5.63 Å². The van der Waals surface area contributed by atoms with Crippen molar-refractivity contribution in [2.45, 2.75) is 52.0 Å². The van der Waals surface area contributed by atoms with Gasteiger partial charge in [-0.25, -0.2) is 4.79 Å². The molecule has 3 aromatic rings. The molecule has 3 atom stereocenters. The fraction of sp³-hybridized carbons (Fsp3) is 0.452. The Labute approximate surface area is 222 Å². The molecule has 38 heavy (non-hydrogen) atoms. The van der Waals surface area contributed by atoms with Gasteiger partial charge in [-0.05, 0) is 73.8 Å². The summed E-state index contributed by atoms with van der Waals surface area (Å²) in [6.07, 6.45) is 4.19. The zero-order valence-electron chi connectivity index (χ0n) is 22.1. The summed E-state index contributed by atoms with van der Waals surface area (Å²) in [6, 6.07) is 13.8. The number of carbonyl (C=O) groups excluding carboxylic acids is 2. The van der Waals surface area contributed by atoms with Crippen LogP contribution in [0.1, 0.15) is 47.9 Å². The van der Waals surface area contributed by atoms with Gasteiger partial charge in [0.25, 0.3) is 5.91 Å². The number of carbonyl (C=O) groups is 2. The first kappa shape index (κ1) is 24.7. The summed E-state index contributed by atoms with van der Waals surface area (Å²) in [5.41, 5.74) is 3.47. The van der Waals surface area contributed by atoms with Gasteiger partial charge < -0.3 is 19.0 Å². The molecule has 2 amide bonds. The average Bonchev–Trinajstić information content (AvgIpc) is 2.90. The van der Waals surface area contributed by atoms with Crippen LogP contribution in [0.2, 0.25) is 0 Å². The molecule has 198 valence electrons. The predicted octanol–water partition coefficient (Wildman–Crippen LogP) is 4.24. The van der Waals surface area contributed by atoms with E-state index in [0.29, 0.717) is 54.7 Å². The second kappa shape index (κ2) is 9.93. The van der Waals surface area contributed by atoms with Gasteiger partial charge in [-0.1, -0.05) is 30.3 Å². The van der Waals surface area contributed by atoms with Crippen LogP contribution in [0.15, 0.2) is 51.7 Å². The van der Waals surface area contributed by atoms with Crippen molar-refractivity contribution in [1.82, 2.24) is 9.80 Å². The lowest BCUT2D eigenvalue weighted by Crippen LogP contribution is -2.61. The molecule has 0 saturated carbocycles. The summed E-state index contributed by atoms with van der Waals surface area (Å²) >= 11 is 0. The number of hydrogen-bond donors (Lipinski definition) is 0. The molecular formula is C31H34N2O5. The zero-order chi connectivity index (χ0) is 26.4. The van der Waals surface area contributed by atoms with Crippen molar-refractivity contribution >= 4 is 22.8 Å². The van der Waals surface area contributed by atoms with Crippen molar-refractivity contribution in [2.24, 2.45) is 11.8 Å². The zero-order valence-corrected chi connectivity index (χ0v) is 22.1. The largest absolute Gasteiger partial charge is 0.483 e. The summed E-state index contributed by atoms with van der Waals surface area (Å²) in [6.45, 7) is 5.87. The molecule has 2 aromatic carbocycles. The number of piperidine rings is 3. The maximum atomic E-state index is 13.3. The van der Waals surface area contributed by atoms with Crippen molar-refractivity contribution in [3.63, 3.8) is 0 Å². The number of hydrogen-bond acceptors (Lipinski definition) is 5. The number of aryl methyl sites for hydroxylation is 2. The van der Waals surface area contributed by atoms with E-state index in [4.69, 9.17) is 9.15 Å². The monoisotopic (exact) mass is 514 g/mol. The molecule has 7 heteroatoms. The van der Waals surface area contributed by atoms with Crippen molar-refractivity contribution in [1.29, 1.82) is 0 Å². The lowest BCUT2D eigenvalue weighted by Gasteiger charge is -2.52. The second-order valence-corrected chi connectivity index (χ2v) is 11.2. The Bertz CT molecular complexity index is 1450. The van der Waals surface area contributed by atoms with E-state index in [1.54, 1.807) is 0 Å². The summed E-state index contributed by atoms with van der Waals surface area (Å²) < 4.78 is 11.9. The first-order chi connectivity index (χ1) is 18.4. The molecular weight excluding hydrogens is 480 g/mol. The molecule has 3 aliphatic heterocycles. The third kappa shape index (κ3) is 4.59. The van der Waals surface area contributed by atoms with Crippen LogP contribution in [0.5, 0.6) is 5.75 Å². The Hall–Kier alpha value is -3.61. The quantitative estimate of drug-likeness (QED) is 0.476. The molecule has 0 radical (unpaired) electrons. The third-order valence-corrected chi connectivity index (χ3v) is 8.59. The molecule has 3 fully saturated rings. The minimum atomic E-state index is -0.346. The van der Waals surface area contributed by atoms with Gasteiger partial charge in [-0.15, -0.1) is 0 Å². The molecule has 0 unspecified atom stereocenters. The van der Waals surface area contributed by atoms with Crippen LogP contribution in [0.4, 0.5) is 0 Å². The molecule has 0 N–H and O–H groups in total. The van der Waals surface area contributed by atoms with Crippen molar-refractivity contribution < 1.29 is 18.7 Å². The lowest BCUT2D eigenvalue weighted by atomic mass is 9.76. The summed E-state index contributed by atoms with van der Waals surface area (Å²) in [5.74, 6) is 1.47. The Morgan fingerprint density at radius 3 is 2.71 bits per heavy atom. The van der Waals surface area contributed by atoms with E-state index in [1.807, 2.05) is 61.2 Å². The number of ether oxygens (including phenoxy) is 1. The fourth-order valence-corrected chi connectivity index (χ4v) is 6.80. The number of nitrogens with zero attached hydrogens (tertiary/aromatic N) is 2. The lowest BCUT2D eigenvalue weighted by molar-refractivity contribution is -0.149. The van der Waals surface area contributed by atoms with Gasteiger partial charge in [-0.2, -0.15) is 0 Å². The maximum Gasteiger partial charge on any atom is 0.340 e. The van der Waals surface area contributed by atoms with Crippen LogP contribution in [-0.4, -0.2) is 53.9 Å². The van der Waals surface area contributed by atoms with E-state index in [9.17, 15) is 14.4 Å². The van der Waals surface area contributed by atoms with E-state index >= 15 is 0 Å². The van der Waals surface area contributed by atoms with Gasteiger partial charge in [0.05, 0.1) is 5.39 Å². The normalized spacial score (nSPS) is 22.9. The molecule has 0 spiro atoms. The SMILES string of the molecule is Cc1cc(OCC(=O)N2C[C@H]3C[C@@H](C2)[C@H]2CCCC(=O)N2C3)c2c(C)c(Cc3ccccc3)c(=O)oc2c1. The van der Waals surface area contributed by atoms with Crippen LogP contribution < -0.4 is 10.4 Å². The molecule has 6 rings (SSSR count). The van der Waals surface area contributed by atoms with Crippen molar-refractivity contribution in [2.75, 3.05) is 26.2 Å². The molecule has 4 heterocycles. The molecule has 3 saturated heterocycles. The third-order valence-electron chi connectivity index (χ3n) is 8.59. The second-order valence-electron chi connectivity index (χ2n) is 11.2. The van der Waals surface area contributed by atoms with Crippen LogP contribution >= 0.6 is 0 Å². The highest BCUT2D eigenvalue weighted by atomic mass is 16.5. The highest BCUT2D eigenvalue weighted by Gasteiger charge is 2.44. The Morgan fingerprint density at radius 2 is 1.89 bits per heavy atom. The molecule has 0 aliphatic carbocycles. The predicted molar refractivity (Wildman–Crippen MR) is 144 cm³/mol. The van der Waals surface area contributed by atoms with E-state index in [-0.39, 0.29) is 30.1 Å². The van der Waals surface area contributed by atoms with Crippen molar-refractivity contribution in [3.05, 3.63) is 75.1 Å². The van der Waals surface area contributed by atoms with Gasteiger partial charge in [0, 0.05) is 44.1 Å². The van der Waals surface area contributed by atoms with Gasteiger partial charge in [0.1, 0.15) is 11.3 Å².